The van der Waals surface area contributed by atoms with E-state index < -0.39 is 0 Å². The normalized spacial score (nSPS) is 21.9. The molecule has 0 saturated heterocycles. The first kappa shape index (κ1) is 16.2. The fraction of sp³-hybridized carbons (Fsp3) is 0.476. The molecule has 0 radical (unpaired) electrons. The number of nitrogens with zero attached hydrogens (tertiary/aromatic N) is 1. The van der Waals surface area contributed by atoms with Crippen molar-refractivity contribution < 1.29 is 9.47 Å². The SMILES string of the molecule is COc1ccc(C2CC2n2c(C)cc(=O)cc2C)cc1OCC1CC1. The second-order valence-electron chi connectivity index (χ2n) is 7.42. The van der Waals surface area contributed by atoms with Gasteiger partial charge >= 0.3 is 0 Å². The van der Waals surface area contributed by atoms with Crippen molar-refractivity contribution in [2.24, 2.45) is 5.92 Å². The average molecular weight is 339 g/mol. The Labute approximate surface area is 148 Å². The highest BCUT2D eigenvalue weighted by molar-refractivity contribution is 5.45. The van der Waals surface area contributed by atoms with E-state index in [1.54, 1.807) is 19.2 Å². The van der Waals surface area contributed by atoms with Gasteiger partial charge in [0.1, 0.15) is 0 Å². The van der Waals surface area contributed by atoms with E-state index in [9.17, 15) is 4.79 Å². The Morgan fingerprint density at radius 3 is 2.44 bits per heavy atom. The molecule has 0 bridgehead atoms. The molecule has 4 rings (SSSR count). The highest BCUT2D eigenvalue weighted by atomic mass is 16.5. The fourth-order valence-corrected chi connectivity index (χ4v) is 3.75. The largest absolute Gasteiger partial charge is 0.493 e. The highest BCUT2D eigenvalue weighted by Gasteiger charge is 2.41. The zero-order chi connectivity index (χ0) is 17.6. The molecule has 4 nitrogen and oxygen atoms in total. The van der Waals surface area contributed by atoms with Crippen molar-refractivity contribution >= 4 is 0 Å². The molecule has 2 atom stereocenters. The molecular weight excluding hydrogens is 314 g/mol. The van der Waals surface area contributed by atoms with Crippen LogP contribution in [-0.4, -0.2) is 18.3 Å². The zero-order valence-corrected chi connectivity index (χ0v) is 15.1. The van der Waals surface area contributed by atoms with Gasteiger partial charge in [-0.15, -0.1) is 0 Å². The third kappa shape index (κ3) is 3.30. The minimum Gasteiger partial charge on any atom is -0.493 e. The van der Waals surface area contributed by atoms with Crippen molar-refractivity contribution in [1.29, 1.82) is 0 Å². The monoisotopic (exact) mass is 339 g/mol. The van der Waals surface area contributed by atoms with Crippen molar-refractivity contribution in [3.8, 4) is 11.5 Å². The molecular formula is C21H25NO3. The molecule has 1 aromatic carbocycles. The summed E-state index contributed by atoms with van der Waals surface area (Å²) in [5, 5.41) is 0. The highest BCUT2D eigenvalue weighted by Crippen LogP contribution is 2.53. The summed E-state index contributed by atoms with van der Waals surface area (Å²) in [5.41, 5.74) is 3.45. The van der Waals surface area contributed by atoms with Gasteiger partial charge in [0.25, 0.3) is 0 Å². The number of hydrogen-bond donors (Lipinski definition) is 0. The van der Waals surface area contributed by atoms with Crippen LogP contribution in [-0.2, 0) is 0 Å². The van der Waals surface area contributed by atoms with Gasteiger partial charge in [-0.2, -0.15) is 0 Å². The van der Waals surface area contributed by atoms with Gasteiger partial charge in [0.15, 0.2) is 16.9 Å². The maximum atomic E-state index is 11.7. The molecule has 4 heteroatoms. The van der Waals surface area contributed by atoms with Gasteiger partial charge < -0.3 is 14.0 Å². The third-order valence-corrected chi connectivity index (χ3v) is 5.34. The lowest BCUT2D eigenvalue weighted by Gasteiger charge is -2.15. The Balaban J connectivity index is 1.57. The summed E-state index contributed by atoms with van der Waals surface area (Å²) in [6, 6.07) is 10.2. The number of hydrogen-bond acceptors (Lipinski definition) is 3. The molecule has 2 aliphatic carbocycles. The molecule has 0 amide bonds. The maximum Gasteiger partial charge on any atom is 0.182 e. The minimum atomic E-state index is 0.0867. The molecule has 0 spiro atoms. The lowest BCUT2D eigenvalue weighted by Crippen LogP contribution is -2.12. The molecule has 132 valence electrons. The van der Waals surface area contributed by atoms with Crippen LogP contribution in [0.15, 0.2) is 35.1 Å². The number of pyridine rings is 1. The van der Waals surface area contributed by atoms with Crippen LogP contribution in [0.5, 0.6) is 11.5 Å². The number of methoxy groups -OCH3 is 1. The van der Waals surface area contributed by atoms with Crippen molar-refractivity contribution in [2.45, 2.75) is 45.1 Å². The van der Waals surface area contributed by atoms with Crippen LogP contribution in [0.4, 0.5) is 0 Å². The summed E-state index contributed by atoms with van der Waals surface area (Å²) in [6.45, 7) is 4.82. The first-order valence-electron chi connectivity index (χ1n) is 9.07. The van der Waals surface area contributed by atoms with Crippen LogP contribution >= 0.6 is 0 Å². The quantitative estimate of drug-likeness (QED) is 0.799. The first-order valence-corrected chi connectivity index (χ1v) is 9.07. The summed E-state index contributed by atoms with van der Waals surface area (Å²) in [5.74, 6) is 2.84. The van der Waals surface area contributed by atoms with Gasteiger partial charge in [0.2, 0.25) is 0 Å². The summed E-state index contributed by atoms with van der Waals surface area (Å²) < 4.78 is 13.7. The molecule has 2 aromatic rings. The zero-order valence-electron chi connectivity index (χ0n) is 15.1. The maximum absolute atomic E-state index is 11.7. The Hall–Kier alpha value is -2.23. The van der Waals surface area contributed by atoms with E-state index in [0.29, 0.717) is 17.9 Å². The van der Waals surface area contributed by atoms with E-state index >= 15 is 0 Å². The molecule has 2 unspecified atom stereocenters. The standard InChI is InChI=1S/C21H25NO3/c1-13-8-17(23)9-14(2)22(13)19-11-18(19)16-6-7-20(24-3)21(10-16)25-12-15-4-5-15/h6-10,15,18-19H,4-5,11-12H2,1-3H3. The van der Waals surface area contributed by atoms with Crippen LogP contribution in [0.1, 0.15) is 48.2 Å². The van der Waals surface area contributed by atoms with E-state index in [2.05, 4.69) is 16.7 Å². The number of aryl methyl sites for hydroxylation is 2. The average Bonchev–Trinajstić information content (AvgIpc) is 3.47. The molecule has 2 aliphatic rings. The van der Waals surface area contributed by atoms with E-state index in [4.69, 9.17) is 9.47 Å². The van der Waals surface area contributed by atoms with Gasteiger partial charge in [0.05, 0.1) is 13.7 Å². The summed E-state index contributed by atoms with van der Waals surface area (Å²) in [7, 11) is 1.69. The van der Waals surface area contributed by atoms with E-state index in [0.717, 1.165) is 35.9 Å². The number of rotatable bonds is 6. The molecule has 0 N–H and O–H groups in total. The Morgan fingerprint density at radius 1 is 1.08 bits per heavy atom. The smallest absolute Gasteiger partial charge is 0.182 e. The predicted molar refractivity (Wildman–Crippen MR) is 97.8 cm³/mol. The predicted octanol–water partition coefficient (Wildman–Crippen LogP) is 3.99. The van der Waals surface area contributed by atoms with Crippen LogP contribution < -0.4 is 14.9 Å². The van der Waals surface area contributed by atoms with Crippen LogP contribution in [0, 0.1) is 19.8 Å². The fourth-order valence-electron chi connectivity index (χ4n) is 3.75. The van der Waals surface area contributed by atoms with Crippen molar-refractivity contribution in [3.63, 3.8) is 0 Å². The molecule has 25 heavy (non-hydrogen) atoms. The molecule has 1 heterocycles. The second kappa shape index (κ2) is 6.25. The van der Waals surface area contributed by atoms with Crippen molar-refractivity contribution in [2.75, 3.05) is 13.7 Å². The van der Waals surface area contributed by atoms with Gasteiger partial charge in [-0.1, -0.05) is 6.07 Å². The molecule has 1 aromatic heterocycles. The lowest BCUT2D eigenvalue weighted by molar-refractivity contribution is 0.280. The van der Waals surface area contributed by atoms with Gasteiger partial charge in [-0.3, -0.25) is 4.79 Å². The van der Waals surface area contributed by atoms with E-state index in [-0.39, 0.29) is 5.43 Å². The lowest BCUT2D eigenvalue weighted by atomic mass is 10.1. The van der Waals surface area contributed by atoms with Gasteiger partial charge in [-0.05, 0) is 56.7 Å². The van der Waals surface area contributed by atoms with E-state index in [1.165, 1.54) is 18.4 Å². The second-order valence-corrected chi connectivity index (χ2v) is 7.42. The number of aromatic nitrogens is 1. The Bertz CT molecular complexity index is 824. The minimum absolute atomic E-state index is 0.0867. The third-order valence-electron chi connectivity index (χ3n) is 5.34. The van der Waals surface area contributed by atoms with E-state index in [1.807, 2.05) is 19.9 Å². The summed E-state index contributed by atoms with van der Waals surface area (Å²) in [4.78, 5) is 11.7. The van der Waals surface area contributed by atoms with Crippen LogP contribution in [0.25, 0.3) is 0 Å². The summed E-state index contributed by atoms with van der Waals surface area (Å²) in [6.07, 6.45) is 3.65. The van der Waals surface area contributed by atoms with Crippen molar-refractivity contribution in [1.82, 2.24) is 4.57 Å². The van der Waals surface area contributed by atoms with Gasteiger partial charge in [-0.25, -0.2) is 0 Å². The van der Waals surface area contributed by atoms with Gasteiger partial charge in [0, 0.05) is 35.5 Å². The van der Waals surface area contributed by atoms with Crippen molar-refractivity contribution in [3.05, 3.63) is 57.5 Å². The number of ether oxygens (including phenoxy) is 2. The molecule has 2 saturated carbocycles. The molecule has 0 aliphatic heterocycles. The molecule has 2 fully saturated rings. The Kier molecular flexibility index (Phi) is 4.06. The number of benzene rings is 1. The Morgan fingerprint density at radius 2 is 1.80 bits per heavy atom. The topological polar surface area (TPSA) is 40.5 Å². The summed E-state index contributed by atoms with van der Waals surface area (Å²) >= 11 is 0. The van der Waals surface area contributed by atoms with Crippen LogP contribution in [0.3, 0.4) is 0 Å². The van der Waals surface area contributed by atoms with Crippen LogP contribution in [0.2, 0.25) is 0 Å². The first-order chi connectivity index (χ1) is 12.1.